The van der Waals surface area contributed by atoms with Crippen LogP contribution in [0.4, 0.5) is 5.82 Å². The molecule has 6 heteroatoms. The lowest BCUT2D eigenvalue weighted by atomic mass is 10.2. The highest BCUT2D eigenvalue weighted by molar-refractivity contribution is 7.09. The van der Waals surface area contributed by atoms with Crippen molar-refractivity contribution in [1.82, 2.24) is 15.0 Å². The van der Waals surface area contributed by atoms with Crippen LogP contribution in [-0.4, -0.2) is 22.1 Å². The molecule has 5 nitrogen and oxygen atoms in total. The molecule has 2 aromatic rings. The Bertz CT molecular complexity index is 460. The number of hydrogen-bond donors (Lipinski definition) is 1. The van der Waals surface area contributed by atoms with Crippen molar-refractivity contribution < 1.29 is 4.74 Å². The fraction of sp³-hybridized carbons (Fsp3) is 0.364. The predicted octanol–water partition coefficient (Wildman–Crippen LogP) is 2.50. The Morgan fingerprint density at radius 3 is 2.94 bits per heavy atom. The molecule has 0 aliphatic carbocycles. The first-order chi connectivity index (χ1) is 8.33. The second-order valence-corrected chi connectivity index (χ2v) is 4.35. The largest absolute Gasteiger partial charge is 0.481 e. The van der Waals surface area contributed by atoms with Gasteiger partial charge in [-0.1, -0.05) is 6.92 Å². The van der Waals surface area contributed by atoms with Crippen molar-refractivity contribution in [2.75, 3.05) is 12.4 Å². The van der Waals surface area contributed by atoms with E-state index in [1.54, 1.807) is 24.5 Å². The van der Waals surface area contributed by atoms with Gasteiger partial charge in [-0.15, -0.1) is 11.3 Å². The summed E-state index contributed by atoms with van der Waals surface area (Å²) >= 11 is 1.64. The lowest BCUT2D eigenvalue weighted by Gasteiger charge is -2.14. The van der Waals surface area contributed by atoms with Gasteiger partial charge in [0.2, 0.25) is 5.88 Å². The van der Waals surface area contributed by atoms with Crippen LogP contribution in [0.15, 0.2) is 24.0 Å². The number of hydrogen-bond acceptors (Lipinski definition) is 6. The van der Waals surface area contributed by atoms with Gasteiger partial charge in [0.25, 0.3) is 0 Å². The minimum Gasteiger partial charge on any atom is -0.481 e. The number of nitrogens with zero attached hydrogens (tertiary/aromatic N) is 3. The minimum absolute atomic E-state index is 0.176. The number of nitrogens with one attached hydrogen (secondary N) is 1. The van der Waals surface area contributed by atoms with E-state index in [2.05, 4.69) is 27.2 Å². The van der Waals surface area contributed by atoms with Crippen LogP contribution in [-0.2, 0) is 0 Å². The summed E-state index contributed by atoms with van der Waals surface area (Å²) in [6.07, 6.45) is 4.24. The SMILES string of the molecule is CCC(Nc1cc(OC)ncn1)c1nccs1. The summed E-state index contributed by atoms with van der Waals surface area (Å²) in [7, 11) is 1.59. The average Bonchev–Trinajstić information content (AvgIpc) is 2.90. The molecular weight excluding hydrogens is 236 g/mol. The highest BCUT2D eigenvalue weighted by Gasteiger charge is 2.12. The Kier molecular flexibility index (Phi) is 3.87. The fourth-order valence-corrected chi connectivity index (χ4v) is 2.23. The van der Waals surface area contributed by atoms with Gasteiger partial charge in [-0.2, -0.15) is 0 Å². The Morgan fingerprint density at radius 1 is 1.41 bits per heavy atom. The first-order valence-corrected chi connectivity index (χ1v) is 6.23. The van der Waals surface area contributed by atoms with E-state index < -0.39 is 0 Å². The van der Waals surface area contributed by atoms with Crippen LogP contribution in [0.3, 0.4) is 0 Å². The molecule has 2 aromatic heterocycles. The van der Waals surface area contributed by atoms with E-state index in [4.69, 9.17) is 4.74 Å². The Labute approximate surface area is 104 Å². The quantitative estimate of drug-likeness (QED) is 0.883. The second-order valence-electron chi connectivity index (χ2n) is 3.42. The van der Waals surface area contributed by atoms with E-state index in [9.17, 15) is 0 Å². The Morgan fingerprint density at radius 2 is 2.29 bits per heavy atom. The zero-order valence-corrected chi connectivity index (χ0v) is 10.6. The van der Waals surface area contributed by atoms with E-state index >= 15 is 0 Å². The molecule has 2 heterocycles. The molecule has 0 saturated heterocycles. The molecule has 1 atom stereocenters. The molecule has 1 N–H and O–H groups in total. The Hall–Kier alpha value is -1.69. The first-order valence-electron chi connectivity index (χ1n) is 5.35. The van der Waals surface area contributed by atoms with Crippen LogP contribution in [0, 0.1) is 0 Å². The number of thiazole rings is 1. The van der Waals surface area contributed by atoms with Gasteiger partial charge < -0.3 is 10.1 Å². The number of methoxy groups -OCH3 is 1. The summed E-state index contributed by atoms with van der Waals surface area (Å²) in [5, 5.41) is 6.36. The summed E-state index contributed by atoms with van der Waals surface area (Å²) < 4.78 is 5.06. The highest BCUT2D eigenvalue weighted by Crippen LogP contribution is 2.23. The number of ether oxygens (including phenoxy) is 1. The normalized spacial score (nSPS) is 12.1. The Balaban J connectivity index is 2.13. The van der Waals surface area contributed by atoms with Crippen molar-refractivity contribution in [2.24, 2.45) is 0 Å². The second kappa shape index (κ2) is 5.58. The zero-order valence-electron chi connectivity index (χ0n) is 9.75. The van der Waals surface area contributed by atoms with Crippen molar-refractivity contribution in [3.63, 3.8) is 0 Å². The topological polar surface area (TPSA) is 59.9 Å². The lowest BCUT2D eigenvalue weighted by molar-refractivity contribution is 0.397. The van der Waals surface area contributed by atoms with Crippen molar-refractivity contribution in [3.8, 4) is 5.88 Å². The maximum atomic E-state index is 5.06. The summed E-state index contributed by atoms with van der Waals surface area (Å²) in [4.78, 5) is 12.4. The molecular formula is C11H14N4OS. The van der Waals surface area contributed by atoms with Gasteiger partial charge in [0.05, 0.1) is 13.2 Å². The third-order valence-corrected chi connectivity index (χ3v) is 3.22. The predicted molar refractivity (Wildman–Crippen MR) is 67.4 cm³/mol. The molecule has 0 aliphatic rings. The van der Waals surface area contributed by atoms with E-state index in [0.29, 0.717) is 5.88 Å². The van der Waals surface area contributed by atoms with Gasteiger partial charge in [-0.25, -0.2) is 15.0 Å². The molecule has 0 saturated carbocycles. The van der Waals surface area contributed by atoms with E-state index in [0.717, 1.165) is 17.2 Å². The van der Waals surface area contributed by atoms with Gasteiger partial charge in [-0.05, 0) is 6.42 Å². The van der Waals surface area contributed by atoms with Crippen LogP contribution >= 0.6 is 11.3 Å². The number of anilines is 1. The molecule has 1 unspecified atom stereocenters. The summed E-state index contributed by atoms with van der Waals surface area (Å²) in [6, 6.07) is 1.95. The zero-order chi connectivity index (χ0) is 12.1. The van der Waals surface area contributed by atoms with Crippen LogP contribution in [0.2, 0.25) is 0 Å². The molecule has 2 rings (SSSR count). The van der Waals surface area contributed by atoms with E-state index in [-0.39, 0.29) is 6.04 Å². The maximum Gasteiger partial charge on any atom is 0.218 e. The molecule has 0 fully saturated rings. The highest BCUT2D eigenvalue weighted by atomic mass is 32.1. The van der Waals surface area contributed by atoms with Gasteiger partial charge in [0.15, 0.2) is 0 Å². The molecule has 0 spiro atoms. The van der Waals surface area contributed by atoms with Crippen LogP contribution < -0.4 is 10.1 Å². The van der Waals surface area contributed by atoms with Crippen molar-refractivity contribution in [3.05, 3.63) is 29.0 Å². The molecule has 90 valence electrons. The van der Waals surface area contributed by atoms with Gasteiger partial charge in [-0.3, -0.25) is 0 Å². The van der Waals surface area contributed by atoms with Crippen molar-refractivity contribution >= 4 is 17.2 Å². The third kappa shape index (κ3) is 2.91. The minimum atomic E-state index is 0.176. The third-order valence-electron chi connectivity index (χ3n) is 2.33. The van der Waals surface area contributed by atoms with Gasteiger partial charge in [0, 0.05) is 17.6 Å². The first kappa shape index (κ1) is 11.8. The number of aromatic nitrogens is 3. The fourth-order valence-electron chi connectivity index (χ4n) is 1.45. The van der Waals surface area contributed by atoms with Crippen LogP contribution in [0.25, 0.3) is 0 Å². The monoisotopic (exact) mass is 250 g/mol. The molecule has 17 heavy (non-hydrogen) atoms. The molecule has 0 amide bonds. The van der Waals surface area contributed by atoms with E-state index in [1.807, 2.05) is 11.6 Å². The number of rotatable bonds is 5. The average molecular weight is 250 g/mol. The molecule has 0 aliphatic heterocycles. The lowest BCUT2D eigenvalue weighted by Crippen LogP contribution is -2.10. The van der Waals surface area contributed by atoms with Crippen molar-refractivity contribution in [1.29, 1.82) is 0 Å². The van der Waals surface area contributed by atoms with Crippen molar-refractivity contribution in [2.45, 2.75) is 19.4 Å². The van der Waals surface area contributed by atoms with Gasteiger partial charge >= 0.3 is 0 Å². The van der Waals surface area contributed by atoms with Crippen LogP contribution in [0.5, 0.6) is 5.88 Å². The molecule has 0 aromatic carbocycles. The summed E-state index contributed by atoms with van der Waals surface area (Å²) in [5.41, 5.74) is 0. The van der Waals surface area contributed by atoms with E-state index in [1.165, 1.54) is 6.33 Å². The standard InChI is InChI=1S/C11H14N4OS/c1-3-8(11-12-4-5-17-11)15-9-6-10(16-2)14-7-13-9/h4-8H,3H2,1-2H3,(H,13,14,15). The summed E-state index contributed by atoms with van der Waals surface area (Å²) in [6.45, 7) is 2.11. The van der Waals surface area contributed by atoms with Crippen LogP contribution in [0.1, 0.15) is 24.4 Å². The summed E-state index contributed by atoms with van der Waals surface area (Å²) in [5.74, 6) is 1.30. The molecule has 0 bridgehead atoms. The van der Waals surface area contributed by atoms with Gasteiger partial charge in [0.1, 0.15) is 17.2 Å². The maximum absolute atomic E-state index is 5.06. The smallest absolute Gasteiger partial charge is 0.218 e. The molecule has 0 radical (unpaired) electrons.